The molecule has 80 valence electrons. The molecule has 6 heteroatoms. The van der Waals surface area contributed by atoms with Crippen molar-refractivity contribution in [2.45, 2.75) is 25.9 Å². The molecule has 0 radical (unpaired) electrons. The number of hydrogen-bond acceptors (Lipinski definition) is 3. The lowest BCUT2D eigenvalue weighted by molar-refractivity contribution is -0.120. The predicted molar refractivity (Wildman–Crippen MR) is 51.9 cm³/mol. The van der Waals surface area contributed by atoms with Crippen LogP contribution in [0.3, 0.4) is 0 Å². The number of imidazole rings is 1. The van der Waals surface area contributed by atoms with Crippen LogP contribution in [0.1, 0.15) is 25.1 Å². The van der Waals surface area contributed by atoms with E-state index in [4.69, 9.17) is 0 Å². The Morgan fingerprint density at radius 1 is 1.53 bits per heavy atom. The van der Waals surface area contributed by atoms with Crippen molar-refractivity contribution in [2.24, 2.45) is 0 Å². The Bertz CT molecular complexity index is 399. The smallest absolute Gasteiger partial charge is 0.322 e. The molecule has 1 saturated heterocycles. The zero-order valence-electron chi connectivity index (χ0n) is 8.36. The van der Waals surface area contributed by atoms with Gasteiger partial charge in [0, 0.05) is 6.54 Å². The number of aromatic nitrogens is 2. The van der Waals surface area contributed by atoms with E-state index < -0.39 is 12.1 Å². The highest BCUT2D eigenvalue weighted by Gasteiger charge is 2.32. The second-order valence-electron chi connectivity index (χ2n) is 3.41. The van der Waals surface area contributed by atoms with Crippen molar-refractivity contribution in [2.75, 3.05) is 0 Å². The molecule has 0 bridgehead atoms. The summed E-state index contributed by atoms with van der Waals surface area (Å²) in [6.45, 7) is 2.83. The first kappa shape index (κ1) is 9.70. The number of carbonyl (C=O) groups excluding carboxylic acids is 2. The predicted octanol–water partition coefficient (Wildman–Crippen LogP) is 0.174. The van der Waals surface area contributed by atoms with Gasteiger partial charge >= 0.3 is 6.03 Å². The number of imide groups is 1. The molecule has 2 heterocycles. The van der Waals surface area contributed by atoms with Gasteiger partial charge in [-0.1, -0.05) is 6.92 Å². The highest BCUT2D eigenvalue weighted by Crippen LogP contribution is 2.16. The first-order chi connectivity index (χ1) is 7.22. The maximum Gasteiger partial charge on any atom is 0.322 e. The normalized spacial score (nSPS) is 20.2. The summed E-state index contributed by atoms with van der Waals surface area (Å²) in [6, 6.07) is -1.05. The Balaban J connectivity index is 2.25. The van der Waals surface area contributed by atoms with Gasteiger partial charge in [0.05, 0.1) is 18.2 Å². The average Bonchev–Trinajstić information content (AvgIpc) is 2.73. The zero-order valence-corrected chi connectivity index (χ0v) is 8.36. The Kier molecular flexibility index (Phi) is 2.40. The maximum absolute atomic E-state index is 11.4. The number of hydrogen-bond donors (Lipinski definition) is 2. The number of amides is 3. The van der Waals surface area contributed by atoms with Crippen LogP contribution < -0.4 is 10.6 Å². The summed E-state index contributed by atoms with van der Waals surface area (Å²) >= 11 is 0. The highest BCUT2D eigenvalue weighted by molar-refractivity contribution is 6.04. The molecule has 0 aromatic carbocycles. The Morgan fingerprint density at radius 2 is 2.33 bits per heavy atom. The minimum Gasteiger partial charge on any atom is -0.332 e. The standard InChI is InChI=1S/C9H12N4O2/c1-2-3-13-5-10-4-6(13)7-8(14)12-9(15)11-7/h4-5,7H,2-3H2,1H3,(H2,11,12,14,15). The minimum absolute atomic E-state index is 0.321. The van der Waals surface area contributed by atoms with E-state index in [0.29, 0.717) is 0 Å². The van der Waals surface area contributed by atoms with Crippen molar-refractivity contribution >= 4 is 11.9 Å². The quantitative estimate of drug-likeness (QED) is 0.695. The number of rotatable bonds is 3. The van der Waals surface area contributed by atoms with Gasteiger partial charge in [0.25, 0.3) is 5.91 Å². The van der Waals surface area contributed by atoms with Gasteiger partial charge in [-0.3, -0.25) is 10.1 Å². The largest absolute Gasteiger partial charge is 0.332 e. The lowest BCUT2D eigenvalue weighted by Gasteiger charge is -2.10. The molecule has 1 aromatic rings. The summed E-state index contributed by atoms with van der Waals surface area (Å²) in [5.74, 6) is -0.321. The second kappa shape index (κ2) is 3.72. The van der Waals surface area contributed by atoms with E-state index in [9.17, 15) is 9.59 Å². The fourth-order valence-electron chi connectivity index (χ4n) is 1.62. The number of carbonyl (C=O) groups is 2. The molecule has 2 rings (SSSR count). The number of nitrogens with one attached hydrogen (secondary N) is 2. The summed E-state index contributed by atoms with van der Waals surface area (Å²) < 4.78 is 1.87. The van der Waals surface area contributed by atoms with Crippen molar-refractivity contribution in [3.05, 3.63) is 18.2 Å². The molecule has 0 aliphatic carbocycles. The minimum atomic E-state index is -0.605. The topological polar surface area (TPSA) is 76.0 Å². The van der Waals surface area contributed by atoms with E-state index in [1.165, 1.54) is 0 Å². The Hall–Kier alpha value is -1.85. The van der Waals surface area contributed by atoms with Crippen molar-refractivity contribution in [1.29, 1.82) is 0 Å². The summed E-state index contributed by atoms with van der Waals surface area (Å²) in [6.07, 6.45) is 4.22. The van der Waals surface area contributed by atoms with Crippen LogP contribution in [0.15, 0.2) is 12.5 Å². The molecule has 1 fully saturated rings. The molecule has 1 aromatic heterocycles. The first-order valence-corrected chi connectivity index (χ1v) is 4.83. The Morgan fingerprint density at radius 3 is 2.93 bits per heavy atom. The first-order valence-electron chi connectivity index (χ1n) is 4.83. The Labute approximate surface area is 86.7 Å². The van der Waals surface area contributed by atoms with Crippen molar-refractivity contribution < 1.29 is 9.59 Å². The van der Waals surface area contributed by atoms with Gasteiger partial charge in [0.2, 0.25) is 0 Å². The van der Waals surface area contributed by atoms with Gasteiger partial charge in [-0.15, -0.1) is 0 Å². The fraction of sp³-hybridized carbons (Fsp3) is 0.444. The maximum atomic E-state index is 11.4. The van der Waals surface area contributed by atoms with E-state index in [0.717, 1.165) is 18.7 Å². The fourth-order valence-corrected chi connectivity index (χ4v) is 1.62. The van der Waals surface area contributed by atoms with Gasteiger partial charge in [-0.2, -0.15) is 0 Å². The zero-order chi connectivity index (χ0) is 10.8. The van der Waals surface area contributed by atoms with Crippen LogP contribution in [0.25, 0.3) is 0 Å². The van der Waals surface area contributed by atoms with Crippen LogP contribution in [-0.2, 0) is 11.3 Å². The summed E-state index contributed by atoms with van der Waals surface area (Å²) in [5, 5.41) is 4.74. The molecule has 0 saturated carbocycles. The van der Waals surface area contributed by atoms with Gasteiger partial charge in [0.1, 0.15) is 0 Å². The summed E-state index contributed by atoms with van der Waals surface area (Å²) in [4.78, 5) is 26.3. The van der Waals surface area contributed by atoms with Crippen molar-refractivity contribution in [3.8, 4) is 0 Å². The van der Waals surface area contributed by atoms with Crippen LogP contribution in [0.2, 0.25) is 0 Å². The van der Waals surface area contributed by atoms with Crippen molar-refractivity contribution in [1.82, 2.24) is 20.2 Å². The summed E-state index contributed by atoms with van der Waals surface area (Å²) in [7, 11) is 0. The van der Waals surface area contributed by atoms with Crippen LogP contribution in [-0.4, -0.2) is 21.5 Å². The van der Waals surface area contributed by atoms with Gasteiger partial charge in [-0.25, -0.2) is 9.78 Å². The molecule has 1 aliphatic rings. The molecule has 3 amide bonds. The van der Waals surface area contributed by atoms with Crippen LogP contribution in [0.5, 0.6) is 0 Å². The SMILES string of the molecule is CCCn1cncc1C1NC(=O)NC1=O. The molecule has 6 nitrogen and oxygen atoms in total. The van der Waals surface area contributed by atoms with Crippen molar-refractivity contribution in [3.63, 3.8) is 0 Å². The number of nitrogens with zero attached hydrogens (tertiary/aromatic N) is 2. The monoisotopic (exact) mass is 208 g/mol. The van der Waals surface area contributed by atoms with Crippen LogP contribution in [0, 0.1) is 0 Å². The molecule has 2 N–H and O–H groups in total. The van der Waals surface area contributed by atoms with Crippen LogP contribution in [0.4, 0.5) is 4.79 Å². The molecular formula is C9H12N4O2. The van der Waals surface area contributed by atoms with Gasteiger partial charge in [-0.05, 0) is 6.42 Å². The van der Waals surface area contributed by atoms with E-state index in [2.05, 4.69) is 15.6 Å². The number of aryl methyl sites for hydroxylation is 1. The van der Waals surface area contributed by atoms with E-state index in [1.807, 2.05) is 11.5 Å². The van der Waals surface area contributed by atoms with E-state index >= 15 is 0 Å². The molecule has 1 unspecified atom stereocenters. The lowest BCUT2D eigenvalue weighted by Crippen LogP contribution is -2.23. The molecule has 1 atom stereocenters. The molecular weight excluding hydrogens is 196 g/mol. The summed E-state index contributed by atoms with van der Waals surface area (Å²) in [5.41, 5.74) is 0.722. The van der Waals surface area contributed by atoms with Gasteiger partial charge in [0.15, 0.2) is 6.04 Å². The molecule has 1 aliphatic heterocycles. The third kappa shape index (κ3) is 1.70. The number of urea groups is 1. The van der Waals surface area contributed by atoms with E-state index in [1.54, 1.807) is 12.5 Å². The highest BCUT2D eigenvalue weighted by atomic mass is 16.2. The van der Waals surface area contributed by atoms with E-state index in [-0.39, 0.29) is 5.91 Å². The molecule has 0 spiro atoms. The van der Waals surface area contributed by atoms with Gasteiger partial charge < -0.3 is 9.88 Å². The molecule has 15 heavy (non-hydrogen) atoms. The van der Waals surface area contributed by atoms with Crippen LogP contribution >= 0.6 is 0 Å². The third-order valence-corrected chi connectivity index (χ3v) is 2.28. The third-order valence-electron chi connectivity index (χ3n) is 2.28. The second-order valence-corrected chi connectivity index (χ2v) is 3.41. The average molecular weight is 208 g/mol. The lowest BCUT2D eigenvalue weighted by atomic mass is 10.2.